The molecule has 4 rings (SSSR count). The Kier molecular flexibility index (Phi) is 8.86. The first-order valence-electron chi connectivity index (χ1n) is 11.7. The van der Waals surface area contributed by atoms with E-state index in [9.17, 15) is 25.2 Å². The van der Waals surface area contributed by atoms with Crippen LogP contribution in [-0.4, -0.2) is 103 Å². The van der Waals surface area contributed by atoms with Crippen LogP contribution >= 0.6 is 11.8 Å². The normalized spacial score (nSPS) is 21.9. The molecule has 1 aliphatic heterocycles. The standard InChI is InChI=1S/C23H29N5O9S/c1-3-35-22(33)11-4-5-13(14(6-11)34-2)36-8-12(30)9-38-23-27-16-19(24)25-10-26-20(16)28(23)21-18(32)17(31)15(7-29)37-21/h4-6,10,12,15,17-18,21,29-32H,3,7-9H2,1-2H3,(H2,24,25,26)/t12?,15-,17-,18-,21-/m1/s1. The first-order valence-corrected chi connectivity index (χ1v) is 12.7. The number of fused-ring (bicyclic) bond motifs is 1. The zero-order valence-electron chi connectivity index (χ0n) is 20.6. The zero-order valence-corrected chi connectivity index (χ0v) is 21.4. The number of methoxy groups -OCH3 is 1. The third-order valence-corrected chi connectivity index (χ3v) is 6.85. The molecule has 0 radical (unpaired) electrons. The summed E-state index contributed by atoms with van der Waals surface area (Å²) in [5.74, 6) is 0.345. The van der Waals surface area contributed by atoms with Crippen LogP contribution in [0, 0.1) is 0 Å². The molecule has 5 atom stereocenters. The van der Waals surface area contributed by atoms with Crippen molar-refractivity contribution < 1.29 is 44.2 Å². The summed E-state index contributed by atoms with van der Waals surface area (Å²) in [6, 6.07) is 4.57. The summed E-state index contributed by atoms with van der Waals surface area (Å²) in [7, 11) is 1.43. The molecule has 1 aliphatic rings. The van der Waals surface area contributed by atoms with Crippen LogP contribution in [0.2, 0.25) is 0 Å². The van der Waals surface area contributed by atoms with Gasteiger partial charge < -0.3 is 45.1 Å². The number of hydrogen-bond donors (Lipinski definition) is 5. The van der Waals surface area contributed by atoms with Gasteiger partial charge in [-0.05, 0) is 25.1 Å². The van der Waals surface area contributed by atoms with E-state index in [4.69, 9.17) is 24.7 Å². The van der Waals surface area contributed by atoms with Crippen LogP contribution in [-0.2, 0) is 9.47 Å². The van der Waals surface area contributed by atoms with E-state index >= 15 is 0 Å². The fourth-order valence-corrected chi connectivity index (χ4v) is 4.79. The second-order valence-corrected chi connectivity index (χ2v) is 9.27. The number of benzene rings is 1. The highest BCUT2D eigenvalue weighted by Crippen LogP contribution is 2.36. The van der Waals surface area contributed by atoms with Gasteiger partial charge in [-0.2, -0.15) is 0 Å². The number of carbonyl (C=O) groups excluding carboxylic acids is 1. The van der Waals surface area contributed by atoms with Crippen LogP contribution < -0.4 is 15.2 Å². The van der Waals surface area contributed by atoms with Crippen molar-refractivity contribution in [2.75, 3.05) is 38.4 Å². The predicted octanol–water partition coefficient (Wildman–Crippen LogP) is -0.263. The lowest BCUT2D eigenvalue weighted by Gasteiger charge is -2.19. The van der Waals surface area contributed by atoms with Crippen molar-refractivity contribution in [3.63, 3.8) is 0 Å². The Morgan fingerprint density at radius 1 is 1.26 bits per heavy atom. The van der Waals surface area contributed by atoms with E-state index in [1.807, 2.05) is 0 Å². The van der Waals surface area contributed by atoms with E-state index < -0.39 is 43.2 Å². The van der Waals surface area contributed by atoms with Crippen molar-refractivity contribution in [1.82, 2.24) is 19.5 Å². The van der Waals surface area contributed by atoms with Gasteiger partial charge in [-0.15, -0.1) is 0 Å². The van der Waals surface area contributed by atoms with Crippen molar-refractivity contribution in [2.45, 2.75) is 42.7 Å². The smallest absolute Gasteiger partial charge is 0.338 e. The maximum Gasteiger partial charge on any atom is 0.338 e. The fourth-order valence-electron chi connectivity index (χ4n) is 3.86. The Morgan fingerprint density at radius 3 is 2.74 bits per heavy atom. The fraction of sp³-hybridized carbons (Fsp3) is 0.478. The molecule has 15 heteroatoms. The second kappa shape index (κ2) is 12.1. The van der Waals surface area contributed by atoms with E-state index in [1.54, 1.807) is 13.0 Å². The van der Waals surface area contributed by atoms with Gasteiger partial charge in [0.2, 0.25) is 0 Å². The number of aliphatic hydroxyl groups is 4. The molecule has 38 heavy (non-hydrogen) atoms. The van der Waals surface area contributed by atoms with Crippen molar-refractivity contribution in [3.05, 3.63) is 30.1 Å². The highest BCUT2D eigenvalue weighted by Gasteiger charge is 2.45. The van der Waals surface area contributed by atoms with E-state index in [2.05, 4.69) is 15.0 Å². The number of nitrogen functional groups attached to an aromatic ring is 1. The molecule has 0 amide bonds. The molecular formula is C23H29N5O9S. The number of hydrogen-bond acceptors (Lipinski definition) is 14. The lowest BCUT2D eigenvalue weighted by molar-refractivity contribution is -0.0548. The van der Waals surface area contributed by atoms with Gasteiger partial charge in [-0.1, -0.05) is 11.8 Å². The molecule has 14 nitrogen and oxygen atoms in total. The Bertz CT molecular complexity index is 1280. The van der Waals surface area contributed by atoms with Gasteiger partial charge in [0.1, 0.15) is 31.2 Å². The number of nitrogens with two attached hydrogens (primary N) is 1. The van der Waals surface area contributed by atoms with Gasteiger partial charge in [0.15, 0.2) is 39.9 Å². The third kappa shape index (κ3) is 5.62. The number of thioether (sulfide) groups is 1. The third-order valence-electron chi connectivity index (χ3n) is 5.76. The molecule has 1 aromatic carbocycles. The Labute approximate surface area is 221 Å². The lowest BCUT2D eigenvalue weighted by atomic mass is 10.1. The number of aromatic nitrogens is 4. The summed E-state index contributed by atoms with van der Waals surface area (Å²) < 4.78 is 23.1. The molecule has 0 aliphatic carbocycles. The number of nitrogens with zero attached hydrogens (tertiary/aromatic N) is 4. The molecular weight excluding hydrogens is 522 g/mol. The number of anilines is 1. The summed E-state index contributed by atoms with van der Waals surface area (Å²) in [6.45, 7) is 1.34. The van der Waals surface area contributed by atoms with Crippen molar-refractivity contribution in [2.24, 2.45) is 0 Å². The molecule has 6 N–H and O–H groups in total. The minimum absolute atomic E-state index is 0.101. The maximum absolute atomic E-state index is 12.0. The number of carbonyl (C=O) groups is 1. The molecule has 2 aromatic heterocycles. The van der Waals surface area contributed by atoms with Gasteiger partial charge in [0, 0.05) is 5.75 Å². The summed E-state index contributed by atoms with van der Waals surface area (Å²) in [4.78, 5) is 24.5. The monoisotopic (exact) mass is 551 g/mol. The SMILES string of the molecule is CCOC(=O)c1ccc(OCC(O)CSc2nc3c(N)ncnc3n2[C@@H]2O[C@H](CO)[C@@H](O)[C@H]2O)c(OC)c1. The molecule has 0 bridgehead atoms. The molecule has 1 unspecified atom stereocenters. The van der Waals surface area contributed by atoms with Crippen LogP contribution in [0.5, 0.6) is 11.5 Å². The van der Waals surface area contributed by atoms with Crippen molar-refractivity contribution in [1.29, 1.82) is 0 Å². The average molecular weight is 552 g/mol. The van der Waals surface area contributed by atoms with Gasteiger partial charge in [-0.3, -0.25) is 4.57 Å². The lowest BCUT2D eigenvalue weighted by Crippen LogP contribution is -2.33. The number of aliphatic hydroxyl groups excluding tert-OH is 4. The van der Waals surface area contributed by atoms with E-state index in [-0.39, 0.29) is 41.1 Å². The molecule has 3 aromatic rings. The summed E-state index contributed by atoms with van der Waals surface area (Å²) in [6.07, 6.45) is -4.57. The highest BCUT2D eigenvalue weighted by molar-refractivity contribution is 7.99. The van der Waals surface area contributed by atoms with Crippen molar-refractivity contribution in [3.8, 4) is 11.5 Å². The van der Waals surface area contributed by atoms with Crippen LogP contribution in [0.1, 0.15) is 23.5 Å². The first-order chi connectivity index (χ1) is 18.3. The maximum atomic E-state index is 12.0. The Balaban J connectivity index is 1.48. The molecule has 3 heterocycles. The molecule has 1 fully saturated rings. The number of esters is 1. The first kappa shape index (κ1) is 27.8. The Hall–Kier alpha value is -3.21. The average Bonchev–Trinajstić information content (AvgIpc) is 3.43. The highest BCUT2D eigenvalue weighted by atomic mass is 32.2. The van der Waals surface area contributed by atoms with E-state index in [1.165, 1.54) is 30.1 Å². The Morgan fingerprint density at radius 2 is 2.05 bits per heavy atom. The molecule has 1 saturated heterocycles. The van der Waals surface area contributed by atoms with Gasteiger partial charge in [-0.25, -0.2) is 19.7 Å². The van der Waals surface area contributed by atoms with Crippen LogP contribution in [0.15, 0.2) is 29.7 Å². The minimum atomic E-state index is -1.38. The number of ether oxygens (including phenoxy) is 4. The number of rotatable bonds is 11. The van der Waals surface area contributed by atoms with E-state index in [0.717, 1.165) is 11.8 Å². The van der Waals surface area contributed by atoms with Gasteiger partial charge >= 0.3 is 5.97 Å². The molecule has 0 saturated carbocycles. The zero-order chi connectivity index (χ0) is 27.4. The number of imidazole rings is 1. The van der Waals surface area contributed by atoms with E-state index in [0.29, 0.717) is 17.1 Å². The quantitative estimate of drug-likeness (QED) is 0.154. The largest absolute Gasteiger partial charge is 0.493 e. The topological polar surface area (TPSA) is 205 Å². The van der Waals surface area contributed by atoms with Crippen LogP contribution in [0.4, 0.5) is 5.82 Å². The van der Waals surface area contributed by atoms with Gasteiger partial charge in [0.25, 0.3) is 0 Å². The molecule has 206 valence electrons. The van der Waals surface area contributed by atoms with Crippen molar-refractivity contribution >= 4 is 34.7 Å². The predicted molar refractivity (Wildman–Crippen MR) is 134 cm³/mol. The molecule has 0 spiro atoms. The van der Waals surface area contributed by atoms with Crippen LogP contribution in [0.3, 0.4) is 0 Å². The summed E-state index contributed by atoms with van der Waals surface area (Å²) in [5.41, 5.74) is 6.77. The van der Waals surface area contributed by atoms with Crippen LogP contribution in [0.25, 0.3) is 11.2 Å². The summed E-state index contributed by atoms with van der Waals surface area (Å²) >= 11 is 1.12. The second-order valence-electron chi connectivity index (χ2n) is 8.29. The summed E-state index contributed by atoms with van der Waals surface area (Å²) in [5, 5.41) is 41.2. The minimum Gasteiger partial charge on any atom is -0.493 e. The van der Waals surface area contributed by atoms with Gasteiger partial charge in [0.05, 0.1) is 32.0 Å².